The summed E-state index contributed by atoms with van der Waals surface area (Å²) >= 11 is 0. The molecular formula is C23H29FN2O3S. The Hall–Kier alpha value is -2.25. The number of carbonyl (C=O) groups is 1. The van der Waals surface area contributed by atoms with Crippen molar-refractivity contribution >= 4 is 21.6 Å². The molecule has 0 aromatic heterocycles. The maximum Gasteiger partial charge on any atom is 0.258 e. The number of hydrogen-bond acceptors (Lipinski definition) is 3. The number of halogens is 1. The van der Waals surface area contributed by atoms with E-state index in [1.165, 1.54) is 6.07 Å². The summed E-state index contributed by atoms with van der Waals surface area (Å²) < 4.78 is 42.9. The van der Waals surface area contributed by atoms with E-state index < -0.39 is 21.7 Å². The van der Waals surface area contributed by atoms with E-state index in [0.717, 1.165) is 54.5 Å². The predicted molar refractivity (Wildman–Crippen MR) is 117 cm³/mol. The monoisotopic (exact) mass is 432 g/mol. The van der Waals surface area contributed by atoms with E-state index in [1.54, 1.807) is 0 Å². The Bertz CT molecular complexity index is 1040. The van der Waals surface area contributed by atoms with Crippen LogP contribution >= 0.6 is 0 Å². The predicted octanol–water partition coefficient (Wildman–Crippen LogP) is 4.86. The van der Waals surface area contributed by atoms with Crippen LogP contribution in [0.1, 0.15) is 59.7 Å². The number of sulfonamides is 1. The minimum absolute atomic E-state index is 0.107. The molecule has 0 heterocycles. The molecule has 0 aliphatic heterocycles. The van der Waals surface area contributed by atoms with Gasteiger partial charge in [-0.25, -0.2) is 17.5 Å². The summed E-state index contributed by atoms with van der Waals surface area (Å²) in [6.07, 6.45) is 3.82. The van der Waals surface area contributed by atoms with Gasteiger partial charge in [0.25, 0.3) is 5.91 Å². The molecule has 2 N–H and O–H groups in total. The second kappa shape index (κ2) is 8.86. The topological polar surface area (TPSA) is 75.3 Å². The minimum atomic E-state index is -3.86. The molecule has 7 heteroatoms. The normalized spacial score (nSPS) is 19.5. The molecule has 1 fully saturated rings. The van der Waals surface area contributed by atoms with Gasteiger partial charge in [-0.3, -0.25) is 4.79 Å². The van der Waals surface area contributed by atoms with Gasteiger partial charge in [0.2, 0.25) is 10.0 Å². The fourth-order valence-electron chi connectivity index (χ4n) is 4.16. The average molecular weight is 433 g/mol. The quantitative estimate of drug-likeness (QED) is 0.708. The summed E-state index contributed by atoms with van der Waals surface area (Å²) in [7, 11) is -3.86. The lowest BCUT2D eigenvalue weighted by molar-refractivity contribution is 0.102. The lowest BCUT2D eigenvalue weighted by Gasteiger charge is -2.29. The van der Waals surface area contributed by atoms with Crippen LogP contribution in [0.4, 0.5) is 10.1 Å². The van der Waals surface area contributed by atoms with Crippen LogP contribution in [-0.4, -0.2) is 20.4 Å². The van der Waals surface area contributed by atoms with E-state index >= 15 is 0 Å². The third-order valence-corrected chi connectivity index (χ3v) is 7.31. The smallest absolute Gasteiger partial charge is 0.258 e. The zero-order valence-electron chi connectivity index (χ0n) is 17.9. The van der Waals surface area contributed by atoms with Gasteiger partial charge in [-0.2, -0.15) is 0 Å². The Morgan fingerprint density at radius 2 is 1.67 bits per heavy atom. The zero-order chi connectivity index (χ0) is 22.1. The van der Waals surface area contributed by atoms with Gasteiger partial charge in [0.1, 0.15) is 5.82 Å². The summed E-state index contributed by atoms with van der Waals surface area (Å²) in [6, 6.07) is 7.04. The van der Waals surface area contributed by atoms with Crippen LogP contribution in [0.2, 0.25) is 0 Å². The van der Waals surface area contributed by atoms with Crippen LogP contribution in [0.3, 0.4) is 0 Å². The van der Waals surface area contributed by atoms with Crippen molar-refractivity contribution in [3.63, 3.8) is 0 Å². The van der Waals surface area contributed by atoms with Crippen LogP contribution in [0.15, 0.2) is 35.2 Å². The van der Waals surface area contributed by atoms with Crippen molar-refractivity contribution in [1.29, 1.82) is 0 Å². The van der Waals surface area contributed by atoms with Gasteiger partial charge in [-0.15, -0.1) is 0 Å². The highest BCUT2D eigenvalue weighted by Gasteiger charge is 2.28. The third kappa shape index (κ3) is 4.90. The molecule has 1 amide bonds. The first-order valence-electron chi connectivity index (χ1n) is 10.3. The number of amides is 1. The molecule has 2 atom stereocenters. The number of rotatable bonds is 5. The van der Waals surface area contributed by atoms with Crippen molar-refractivity contribution in [2.45, 2.75) is 64.3 Å². The number of anilines is 1. The fraction of sp³-hybridized carbons (Fsp3) is 0.435. The highest BCUT2D eigenvalue weighted by Crippen LogP contribution is 2.27. The van der Waals surface area contributed by atoms with E-state index in [9.17, 15) is 17.6 Å². The van der Waals surface area contributed by atoms with Gasteiger partial charge in [0.05, 0.1) is 10.5 Å². The number of nitrogens with one attached hydrogen (secondary N) is 2. The largest absolute Gasteiger partial charge is 0.321 e. The van der Waals surface area contributed by atoms with Crippen molar-refractivity contribution in [1.82, 2.24) is 4.72 Å². The Balaban J connectivity index is 1.87. The molecule has 1 saturated carbocycles. The van der Waals surface area contributed by atoms with Gasteiger partial charge in [-0.1, -0.05) is 37.5 Å². The number of hydrogen-bond donors (Lipinski definition) is 2. The van der Waals surface area contributed by atoms with E-state index in [0.29, 0.717) is 5.69 Å². The zero-order valence-corrected chi connectivity index (χ0v) is 18.7. The lowest BCUT2D eigenvalue weighted by atomic mass is 9.87. The first kappa shape index (κ1) is 22.4. The maximum atomic E-state index is 14.4. The fourth-order valence-corrected chi connectivity index (χ4v) is 5.57. The highest BCUT2D eigenvalue weighted by atomic mass is 32.2. The molecule has 3 rings (SSSR count). The molecule has 1 aliphatic carbocycles. The highest BCUT2D eigenvalue weighted by molar-refractivity contribution is 7.89. The summed E-state index contributed by atoms with van der Waals surface area (Å²) in [5, 5.41) is 2.74. The molecule has 5 nitrogen and oxygen atoms in total. The van der Waals surface area contributed by atoms with E-state index in [4.69, 9.17) is 0 Å². The van der Waals surface area contributed by atoms with E-state index in [1.807, 2.05) is 39.8 Å². The molecule has 162 valence electrons. The Morgan fingerprint density at radius 3 is 2.30 bits per heavy atom. The van der Waals surface area contributed by atoms with E-state index in [-0.39, 0.29) is 22.4 Å². The SMILES string of the molecule is Cc1cc(C)c(NC(=O)c2cc(S(=O)(=O)N[C@@H]3CCCC[C@H]3C)ccc2F)c(C)c1. The summed E-state index contributed by atoms with van der Waals surface area (Å²) in [6.45, 7) is 7.71. The first-order chi connectivity index (χ1) is 14.1. The molecule has 0 spiro atoms. The molecular weight excluding hydrogens is 403 g/mol. The van der Waals surface area contributed by atoms with Crippen LogP contribution in [0, 0.1) is 32.5 Å². The summed E-state index contributed by atoms with van der Waals surface area (Å²) in [5.41, 5.74) is 3.09. The lowest BCUT2D eigenvalue weighted by Crippen LogP contribution is -2.41. The van der Waals surface area contributed by atoms with Crippen LogP contribution in [0.5, 0.6) is 0 Å². The summed E-state index contributed by atoms with van der Waals surface area (Å²) in [4.78, 5) is 12.7. The van der Waals surface area contributed by atoms with Crippen molar-refractivity contribution in [3.8, 4) is 0 Å². The van der Waals surface area contributed by atoms with Crippen LogP contribution in [0.25, 0.3) is 0 Å². The van der Waals surface area contributed by atoms with Gasteiger partial charge in [0, 0.05) is 11.7 Å². The average Bonchev–Trinajstić information content (AvgIpc) is 2.66. The Labute approximate surface area is 178 Å². The Kier molecular flexibility index (Phi) is 6.62. The summed E-state index contributed by atoms with van der Waals surface area (Å²) in [5.74, 6) is -1.20. The number of carbonyl (C=O) groups excluding carboxylic acids is 1. The molecule has 1 aliphatic rings. The van der Waals surface area contributed by atoms with E-state index in [2.05, 4.69) is 10.0 Å². The molecule has 0 saturated heterocycles. The number of benzene rings is 2. The molecule has 0 unspecified atom stereocenters. The third-order valence-electron chi connectivity index (χ3n) is 5.83. The molecule has 30 heavy (non-hydrogen) atoms. The minimum Gasteiger partial charge on any atom is -0.321 e. The molecule has 2 aromatic rings. The molecule has 0 bridgehead atoms. The first-order valence-corrected chi connectivity index (χ1v) is 11.8. The van der Waals surface area contributed by atoms with Gasteiger partial charge in [-0.05, 0) is 68.9 Å². The van der Waals surface area contributed by atoms with Gasteiger partial charge >= 0.3 is 0 Å². The van der Waals surface area contributed by atoms with Crippen molar-refractivity contribution in [3.05, 3.63) is 58.4 Å². The van der Waals surface area contributed by atoms with Gasteiger partial charge in [0.15, 0.2) is 0 Å². The van der Waals surface area contributed by atoms with Crippen molar-refractivity contribution in [2.75, 3.05) is 5.32 Å². The standard InChI is InChI=1S/C23H29FN2O3S/c1-14-11-16(3)22(17(4)12-14)25-23(27)19-13-18(9-10-20(19)24)30(28,29)26-21-8-6-5-7-15(21)2/h9-13,15,21,26H,5-8H2,1-4H3,(H,25,27)/t15-,21-/m1/s1. The second-order valence-corrected chi connectivity index (χ2v) is 10.1. The van der Waals surface area contributed by atoms with Crippen molar-refractivity contribution in [2.24, 2.45) is 5.92 Å². The van der Waals surface area contributed by atoms with Crippen LogP contribution in [-0.2, 0) is 10.0 Å². The molecule has 0 radical (unpaired) electrons. The Morgan fingerprint density at radius 1 is 1.03 bits per heavy atom. The maximum absolute atomic E-state index is 14.4. The van der Waals surface area contributed by atoms with Crippen LogP contribution < -0.4 is 10.0 Å². The second-order valence-electron chi connectivity index (χ2n) is 8.36. The molecule has 2 aromatic carbocycles. The van der Waals surface area contributed by atoms with Crippen molar-refractivity contribution < 1.29 is 17.6 Å². The number of aryl methyl sites for hydroxylation is 3. The van der Waals surface area contributed by atoms with Gasteiger partial charge < -0.3 is 5.32 Å².